The third-order valence-corrected chi connectivity index (χ3v) is 3.71. The lowest BCUT2D eigenvalue weighted by Gasteiger charge is -2.45. The van der Waals surface area contributed by atoms with Crippen LogP contribution in [0.5, 0.6) is 11.5 Å². The second-order valence-electron chi connectivity index (χ2n) is 5.42. The molecule has 1 aromatic rings. The van der Waals surface area contributed by atoms with E-state index in [4.69, 9.17) is 9.47 Å². The van der Waals surface area contributed by atoms with Crippen LogP contribution in [0, 0.1) is 0 Å². The standard InChI is InChI=1S/C14H20N2O2/c1-4-16-11-8-13-12(17-5-6-18-13)7-10(11)15-9-14(16,2)3/h7-8,15H,4-6,9H2,1-3H3. The van der Waals surface area contributed by atoms with E-state index in [9.17, 15) is 0 Å². The molecule has 0 bridgehead atoms. The molecule has 0 unspecified atom stereocenters. The van der Waals surface area contributed by atoms with E-state index in [1.54, 1.807) is 0 Å². The summed E-state index contributed by atoms with van der Waals surface area (Å²) in [6, 6.07) is 4.16. The number of rotatable bonds is 1. The number of anilines is 2. The summed E-state index contributed by atoms with van der Waals surface area (Å²) >= 11 is 0. The van der Waals surface area contributed by atoms with Crippen LogP contribution in [0.3, 0.4) is 0 Å². The van der Waals surface area contributed by atoms with E-state index in [1.165, 1.54) is 5.69 Å². The third kappa shape index (κ3) is 1.67. The van der Waals surface area contributed by atoms with Crippen molar-refractivity contribution in [3.05, 3.63) is 12.1 Å². The molecule has 2 heterocycles. The van der Waals surface area contributed by atoms with Crippen LogP contribution >= 0.6 is 0 Å². The lowest BCUT2D eigenvalue weighted by molar-refractivity contribution is 0.171. The van der Waals surface area contributed by atoms with Crippen LogP contribution in [0.25, 0.3) is 0 Å². The maximum atomic E-state index is 5.67. The Morgan fingerprint density at radius 2 is 1.89 bits per heavy atom. The minimum Gasteiger partial charge on any atom is -0.486 e. The van der Waals surface area contributed by atoms with Crippen molar-refractivity contribution >= 4 is 11.4 Å². The average Bonchev–Trinajstić information content (AvgIpc) is 2.36. The van der Waals surface area contributed by atoms with Gasteiger partial charge in [0.1, 0.15) is 13.2 Å². The minimum absolute atomic E-state index is 0.117. The zero-order chi connectivity index (χ0) is 12.8. The summed E-state index contributed by atoms with van der Waals surface area (Å²) in [7, 11) is 0. The normalized spacial score (nSPS) is 20.1. The molecule has 0 aromatic heterocycles. The molecule has 98 valence electrons. The predicted molar refractivity (Wildman–Crippen MR) is 73.0 cm³/mol. The first-order valence-electron chi connectivity index (χ1n) is 6.57. The Kier molecular flexibility index (Phi) is 2.54. The summed E-state index contributed by atoms with van der Waals surface area (Å²) in [5.74, 6) is 1.71. The van der Waals surface area contributed by atoms with Crippen LogP contribution in [0.15, 0.2) is 12.1 Å². The first-order valence-corrected chi connectivity index (χ1v) is 6.57. The predicted octanol–water partition coefficient (Wildman–Crippen LogP) is 2.49. The number of hydrogen-bond donors (Lipinski definition) is 1. The number of fused-ring (bicyclic) bond motifs is 2. The molecule has 0 saturated heterocycles. The van der Waals surface area contributed by atoms with Gasteiger partial charge >= 0.3 is 0 Å². The fourth-order valence-corrected chi connectivity index (χ4v) is 2.77. The van der Waals surface area contributed by atoms with E-state index < -0.39 is 0 Å². The molecule has 18 heavy (non-hydrogen) atoms. The molecule has 0 saturated carbocycles. The molecule has 1 N–H and O–H groups in total. The Bertz CT molecular complexity index is 471. The monoisotopic (exact) mass is 248 g/mol. The molecule has 2 aliphatic heterocycles. The van der Waals surface area contributed by atoms with Gasteiger partial charge < -0.3 is 19.7 Å². The summed E-state index contributed by atoms with van der Waals surface area (Å²) in [6.45, 7) is 9.89. The molecular formula is C14H20N2O2. The van der Waals surface area contributed by atoms with Gasteiger partial charge in [-0.25, -0.2) is 0 Å². The van der Waals surface area contributed by atoms with E-state index in [0.717, 1.165) is 30.3 Å². The van der Waals surface area contributed by atoms with Crippen LogP contribution in [0.4, 0.5) is 11.4 Å². The number of ether oxygens (including phenoxy) is 2. The summed E-state index contributed by atoms with van der Waals surface area (Å²) in [5.41, 5.74) is 2.46. The van der Waals surface area contributed by atoms with Gasteiger partial charge in [-0.3, -0.25) is 0 Å². The van der Waals surface area contributed by atoms with E-state index in [2.05, 4.69) is 43.1 Å². The summed E-state index contributed by atoms with van der Waals surface area (Å²) < 4.78 is 11.3. The van der Waals surface area contributed by atoms with Crippen LogP contribution < -0.4 is 19.7 Å². The summed E-state index contributed by atoms with van der Waals surface area (Å²) in [4.78, 5) is 2.41. The molecule has 3 rings (SSSR count). The van der Waals surface area contributed by atoms with Gasteiger partial charge in [0.25, 0.3) is 0 Å². The molecule has 0 amide bonds. The zero-order valence-electron chi connectivity index (χ0n) is 11.2. The Hall–Kier alpha value is -1.58. The smallest absolute Gasteiger partial charge is 0.163 e. The van der Waals surface area contributed by atoms with Crippen molar-refractivity contribution in [2.45, 2.75) is 26.3 Å². The van der Waals surface area contributed by atoms with Crippen molar-refractivity contribution in [1.29, 1.82) is 0 Å². The van der Waals surface area contributed by atoms with Crippen LogP contribution in [0.1, 0.15) is 20.8 Å². The fourth-order valence-electron chi connectivity index (χ4n) is 2.77. The van der Waals surface area contributed by atoms with Gasteiger partial charge in [-0.15, -0.1) is 0 Å². The van der Waals surface area contributed by atoms with Crippen LogP contribution in [0.2, 0.25) is 0 Å². The minimum atomic E-state index is 0.117. The van der Waals surface area contributed by atoms with Gasteiger partial charge in [0.05, 0.1) is 16.9 Å². The van der Waals surface area contributed by atoms with E-state index in [-0.39, 0.29) is 5.54 Å². The van der Waals surface area contributed by atoms with Crippen molar-refractivity contribution in [1.82, 2.24) is 0 Å². The summed E-state index contributed by atoms with van der Waals surface area (Å²) in [6.07, 6.45) is 0. The Morgan fingerprint density at radius 1 is 1.22 bits per heavy atom. The lowest BCUT2D eigenvalue weighted by Crippen LogP contribution is -2.52. The van der Waals surface area contributed by atoms with E-state index in [1.807, 2.05) is 0 Å². The largest absolute Gasteiger partial charge is 0.486 e. The molecular weight excluding hydrogens is 228 g/mol. The van der Waals surface area contributed by atoms with Crippen molar-refractivity contribution in [2.24, 2.45) is 0 Å². The molecule has 4 nitrogen and oxygen atoms in total. The highest BCUT2D eigenvalue weighted by molar-refractivity contribution is 5.78. The molecule has 0 aliphatic carbocycles. The van der Waals surface area contributed by atoms with Gasteiger partial charge in [-0.05, 0) is 20.8 Å². The lowest BCUT2D eigenvalue weighted by atomic mass is 9.97. The van der Waals surface area contributed by atoms with E-state index in [0.29, 0.717) is 13.2 Å². The second kappa shape index (κ2) is 3.97. The van der Waals surface area contributed by atoms with Gasteiger partial charge in [0.15, 0.2) is 11.5 Å². The van der Waals surface area contributed by atoms with Crippen LogP contribution in [-0.4, -0.2) is 31.8 Å². The van der Waals surface area contributed by atoms with Gasteiger partial charge in [0, 0.05) is 25.2 Å². The molecule has 1 aromatic carbocycles. The Labute approximate surface area is 108 Å². The number of nitrogens with zero attached hydrogens (tertiary/aromatic N) is 1. The van der Waals surface area contributed by atoms with Gasteiger partial charge in [0.2, 0.25) is 0 Å². The highest BCUT2D eigenvalue weighted by Gasteiger charge is 2.33. The van der Waals surface area contributed by atoms with Crippen molar-refractivity contribution in [3.8, 4) is 11.5 Å². The maximum absolute atomic E-state index is 5.67. The first-order chi connectivity index (χ1) is 8.62. The van der Waals surface area contributed by atoms with Crippen molar-refractivity contribution in [3.63, 3.8) is 0 Å². The fraction of sp³-hybridized carbons (Fsp3) is 0.571. The molecule has 0 radical (unpaired) electrons. The van der Waals surface area contributed by atoms with E-state index >= 15 is 0 Å². The number of benzene rings is 1. The molecule has 0 atom stereocenters. The second-order valence-corrected chi connectivity index (χ2v) is 5.42. The summed E-state index contributed by atoms with van der Waals surface area (Å²) in [5, 5.41) is 3.49. The first kappa shape index (κ1) is 11.5. The average molecular weight is 248 g/mol. The van der Waals surface area contributed by atoms with Crippen molar-refractivity contribution in [2.75, 3.05) is 36.5 Å². The van der Waals surface area contributed by atoms with Gasteiger partial charge in [-0.1, -0.05) is 0 Å². The molecule has 2 aliphatic rings. The third-order valence-electron chi connectivity index (χ3n) is 3.71. The Morgan fingerprint density at radius 3 is 2.56 bits per heavy atom. The van der Waals surface area contributed by atoms with Gasteiger partial charge in [-0.2, -0.15) is 0 Å². The van der Waals surface area contributed by atoms with Crippen molar-refractivity contribution < 1.29 is 9.47 Å². The SMILES string of the molecule is CCN1c2cc3c(cc2NCC1(C)C)OCCO3. The molecule has 4 heteroatoms. The quantitative estimate of drug-likeness (QED) is 0.828. The molecule has 0 spiro atoms. The number of likely N-dealkylation sites (N-methyl/N-ethyl adjacent to an activating group) is 1. The molecule has 0 fully saturated rings. The highest BCUT2D eigenvalue weighted by Crippen LogP contribution is 2.44. The maximum Gasteiger partial charge on any atom is 0.163 e. The van der Waals surface area contributed by atoms with Crippen LogP contribution in [-0.2, 0) is 0 Å². The Balaban J connectivity index is 2.08. The number of hydrogen-bond acceptors (Lipinski definition) is 4. The topological polar surface area (TPSA) is 33.7 Å². The number of nitrogens with one attached hydrogen (secondary N) is 1. The highest BCUT2D eigenvalue weighted by atomic mass is 16.6. The zero-order valence-corrected chi connectivity index (χ0v) is 11.2.